The van der Waals surface area contributed by atoms with Crippen molar-refractivity contribution < 1.29 is 75.4 Å². The summed E-state index contributed by atoms with van der Waals surface area (Å²) in [6.07, 6.45) is 0. The van der Waals surface area contributed by atoms with Crippen molar-refractivity contribution in [2.75, 3.05) is 0 Å². The number of aromatic nitrogens is 2. The van der Waals surface area contributed by atoms with Crippen LogP contribution in [-0.2, 0) is 27.5 Å². The minimum absolute atomic E-state index is 0. The summed E-state index contributed by atoms with van der Waals surface area (Å²) in [5.41, 5.74) is -1.84. The van der Waals surface area contributed by atoms with Crippen LogP contribution in [0, 0.1) is 17.0 Å². The molecule has 0 aliphatic heterocycles. The number of azo groups is 1. The quantitative estimate of drug-likeness (QED) is 0.105. The van der Waals surface area contributed by atoms with Gasteiger partial charge in [0.25, 0.3) is 10.1 Å². The van der Waals surface area contributed by atoms with Gasteiger partial charge in [-0.2, -0.15) is 13.5 Å². The molecule has 13 nitrogen and oxygen atoms in total. The van der Waals surface area contributed by atoms with Crippen LogP contribution in [0.2, 0.25) is 0 Å². The SMILES string of the molecule is Cc1nn(-c2ccccc2)c(=O)[c-]1N=Nc1cc(S(=O)(=O)O)cc([N+](=O)[O-])c1O.O.[Cr].[Na+]. The van der Waals surface area contributed by atoms with E-state index >= 15 is 0 Å². The van der Waals surface area contributed by atoms with Crippen LogP contribution >= 0.6 is 0 Å². The Balaban J connectivity index is 0.00000320. The fourth-order valence-corrected chi connectivity index (χ4v) is 2.93. The van der Waals surface area contributed by atoms with Gasteiger partial charge in [-0.3, -0.25) is 14.7 Å². The molecule has 0 aliphatic rings. The Hall–Kier alpha value is -2.35. The maximum Gasteiger partial charge on any atom is 1.00 e. The molecule has 0 saturated carbocycles. The van der Waals surface area contributed by atoms with E-state index in [9.17, 15) is 28.4 Å². The molecule has 164 valence electrons. The number of nitro groups is 1. The zero-order chi connectivity index (χ0) is 21.3. The first-order valence-corrected chi connectivity index (χ1v) is 9.26. The normalized spacial score (nSPS) is 10.7. The van der Waals surface area contributed by atoms with Crippen LogP contribution in [0.4, 0.5) is 17.1 Å². The second kappa shape index (κ2) is 11.5. The number of aryl methyl sites for hydroxylation is 1. The Morgan fingerprint density at radius 3 is 2.34 bits per heavy atom. The van der Waals surface area contributed by atoms with E-state index in [4.69, 9.17) is 4.55 Å². The molecule has 0 saturated heterocycles. The molecule has 4 N–H and O–H groups in total. The Labute approximate surface area is 213 Å². The monoisotopic (exact) mass is 511 g/mol. The first-order chi connectivity index (χ1) is 13.6. The maximum absolute atomic E-state index is 12.5. The molecule has 0 radical (unpaired) electrons. The first-order valence-electron chi connectivity index (χ1n) is 7.82. The molecule has 0 spiro atoms. The number of hydrogen-bond donors (Lipinski definition) is 2. The average Bonchev–Trinajstić information content (AvgIpc) is 2.94. The molecular formula is C16H14CrN5NaO8S. The smallest absolute Gasteiger partial charge is 0.501 e. The van der Waals surface area contributed by atoms with E-state index in [0.29, 0.717) is 17.8 Å². The van der Waals surface area contributed by atoms with Gasteiger partial charge >= 0.3 is 35.2 Å². The van der Waals surface area contributed by atoms with Crippen LogP contribution in [0.3, 0.4) is 0 Å². The van der Waals surface area contributed by atoms with Crippen molar-refractivity contribution in [3.05, 3.63) is 68.6 Å². The number of nitro benzene ring substituents is 1. The largest absolute Gasteiger partial charge is 1.00 e. The van der Waals surface area contributed by atoms with Gasteiger partial charge in [-0.1, -0.05) is 30.8 Å². The van der Waals surface area contributed by atoms with Crippen molar-refractivity contribution in [3.63, 3.8) is 0 Å². The summed E-state index contributed by atoms with van der Waals surface area (Å²) in [5.74, 6) is -0.980. The van der Waals surface area contributed by atoms with E-state index in [1.165, 1.54) is 6.92 Å². The Morgan fingerprint density at radius 1 is 1.22 bits per heavy atom. The van der Waals surface area contributed by atoms with Gasteiger partial charge in [-0.15, -0.1) is 5.69 Å². The fourth-order valence-electron chi connectivity index (χ4n) is 2.40. The summed E-state index contributed by atoms with van der Waals surface area (Å²) in [7, 11) is -4.82. The van der Waals surface area contributed by atoms with Crippen LogP contribution in [0.15, 0.2) is 62.4 Å². The van der Waals surface area contributed by atoms with Gasteiger partial charge in [0.15, 0.2) is 0 Å². The Kier molecular flexibility index (Phi) is 10.7. The van der Waals surface area contributed by atoms with Crippen molar-refractivity contribution in [3.8, 4) is 11.4 Å². The zero-order valence-electron chi connectivity index (χ0n) is 16.5. The molecule has 1 heterocycles. The summed E-state index contributed by atoms with van der Waals surface area (Å²) in [6.45, 7) is 1.48. The number of rotatable bonds is 5. The van der Waals surface area contributed by atoms with Crippen LogP contribution in [0.25, 0.3) is 5.69 Å². The van der Waals surface area contributed by atoms with Gasteiger partial charge in [0.2, 0.25) is 5.75 Å². The third kappa shape index (κ3) is 6.12. The minimum atomic E-state index is -4.82. The molecule has 0 bridgehead atoms. The van der Waals surface area contributed by atoms with Gasteiger partial charge in [0, 0.05) is 23.4 Å². The standard InChI is InChI=1S/C16H12N5O7S.Cr.Na.H2O/c1-9-14(16(23)20(19-9)10-5-3-2-4-6-10)18-17-12-7-11(29(26,27)28)8-13(15(12)22)21(24)25;;;/h2-8,22H,1H3,(H,26,27,28);;;1H2/q-1;;+1;. The van der Waals surface area contributed by atoms with Gasteiger partial charge < -0.3 is 20.5 Å². The zero-order valence-corrected chi connectivity index (χ0v) is 20.6. The molecule has 2 aromatic carbocycles. The molecule has 0 unspecified atom stereocenters. The molecule has 3 aromatic rings. The molecule has 0 aliphatic carbocycles. The summed E-state index contributed by atoms with van der Waals surface area (Å²) in [6, 6.07) is 9.59. The van der Waals surface area contributed by atoms with Crippen LogP contribution in [0.1, 0.15) is 5.69 Å². The number of phenolic OH excluding ortho intramolecular Hbond substituents is 1. The summed E-state index contributed by atoms with van der Waals surface area (Å²) >= 11 is 0. The van der Waals surface area contributed by atoms with Crippen molar-refractivity contribution in [2.24, 2.45) is 10.2 Å². The second-order valence-corrected chi connectivity index (χ2v) is 7.15. The molecule has 3 rings (SSSR count). The second-order valence-electron chi connectivity index (χ2n) is 5.73. The predicted molar refractivity (Wildman–Crippen MR) is 103 cm³/mol. The van der Waals surface area contributed by atoms with E-state index in [0.717, 1.165) is 4.68 Å². The van der Waals surface area contributed by atoms with Crippen LogP contribution < -0.4 is 35.1 Å². The molecular weight excluding hydrogens is 497 g/mol. The average molecular weight is 511 g/mol. The predicted octanol–water partition coefficient (Wildman–Crippen LogP) is -1.29. The van der Waals surface area contributed by atoms with Gasteiger partial charge in [0.05, 0.1) is 10.6 Å². The van der Waals surface area contributed by atoms with Crippen molar-refractivity contribution in [1.29, 1.82) is 0 Å². The van der Waals surface area contributed by atoms with E-state index in [1.54, 1.807) is 30.3 Å². The summed E-state index contributed by atoms with van der Waals surface area (Å²) < 4.78 is 32.9. The summed E-state index contributed by atoms with van der Waals surface area (Å²) in [4.78, 5) is 21.6. The molecule has 1 aromatic heterocycles. The van der Waals surface area contributed by atoms with E-state index in [2.05, 4.69) is 15.3 Å². The van der Waals surface area contributed by atoms with Gasteiger partial charge in [-0.05, 0) is 18.2 Å². The number of nitrogens with zero attached hydrogens (tertiary/aromatic N) is 5. The topological polar surface area (TPSA) is 209 Å². The molecule has 0 fully saturated rings. The third-order valence-electron chi connectivity index (χ3n) is 3.78. The van der Waals surface area contributed by atoms with Gasteiger partial charge in [-0.25, -0.2) is 9.78 Å². The molecule has 32 heavy (non-hydrogen) atoms. The fraction of sp³-hybridized carbons (Fsp3) is 0.0625. The van der Waals surface area contributed by atoms with Crippen molar-refractivity contribution in [1.82, 2.24) is 9.78 Å². The number of para-hydroxylation sites is 1. The van der Waals surface area contributed by atoms with E-state index in [-0.39, 0.29) is 63.8 Å². The number of hydrogen-bond acceptors (Lipinski definition) is 9. The molecule has 16 heteroatoms. The maximum atomic E-state index is 12.5. The first kappa shape index (κ1) is 29.7. The van der Waals surface area contributed by atoms with Crippen LogP contribution in [-0.4, -0.2) is 38.3 Å². The minimum Gasteiger partial charge on any atom is -0.501 e. The number of aromatic hydroxyl groups is 1. The molecule has 0 atom stereocenters. The summed E-state index contributed by atoms with van der Waals surface area (Å²) in [5, 5.41) is 32.3. The molecule has 0 amide bonds. The number of benzene rings is 2. The van der Waals surface area contributed by atoms with Crippen LogP contribution in [0.5, 0.6) is 5.75 Å². The van der Waals surface area contributed by atoms with E-state index in [1.807, 2.05) is 0 Å². The Bertz CT molecular complexity index is 1310. The third-order valence-corrected chi connectivity index (χ3v) is 4.62. The van der Waals surface area contributed by atoms with Crippen molar-refractivity contribution in [2.45, 2.75) is 11.8 Å². The Morgan fingerprint density at radius 2 is 1.81 bits per heavy atom. The van der Waals surface area contributed by atoms with Gasteiger partial charge in [0.1, 0.15) is 16.1 Å². The van der Waals surface area contributed by atoms with Crippen molar-refractivity contribution >= 4 is 27.2 Å². The number of phenols is 1. The van der Waals surface area contributed by atoms with E-state index < -0.39 is 42.6 Å².